The van der Waals surface area contributed by atoms with Gasteiger partial charge in [-0.2, -0.15) is 0 Å². The molecule has 1 N–H and O–H groups in total. The summed E-state index contributed by atoms with van der Waals surface area (Å²) in [5.74, 6) is -1.06. The zero-order valence-electron chi connectivity index (χ0n) is 16.7. The zero-order valence-corrected chi connectivity index (χ0v) is 16.7. The molecule has 150 valence electrons. The number of ketones is 1. The molecule has 3 aromatic carbocycles. The molecule has 5 heteroatoms. The lowest BCUT2D eigenvalue weighted by Crippen LogP contribution is -2.30. The minimum atomic E-state index is -0.737. The Balaban J connectivity index is 1.96. The lowest BCUT2D eigenvalue weighted by atomic mass is 9.95. The molecule has 30 heavy (non-hydrogen) atoms. The molecule has 0 saturated carbocycles. The van der Waals surface area contributed by atoms with E-state index in [1.807, 2.05) is 61.5 Å². The van der Waals surface area contributed by atoms with Gasteiger partial charge in [0.05, 0.1) is 18.7 Å². The van der Waals surface area contributed by atoms with Gasteiger partial charge >= 0.3 is 0 Å². The van der Waals surface area contributed by atoms with Crippen molar-refractivity contribution in [1.82, 2.24) is 0 Å². The molecule has 0 radical (unpaired) electrons. The normalized spacial score (nSPS) is 17.9. The molecule has 1 fully saturated rings. The lowest BCUT2D eigenvalue weighted by molar-refractivity contribution is -0.132. The van der Waals surface area contributed by atoms with Gasteiger partial charge in [0.1, 0.15) is 11.5 Å². The van der Waals surface area contributed by atoms with Gasteiger partial charge in [-0.15, -0.1) is 0 Å². The number of Topliss-reactive ketones (excluding diaryl/α,β-unsaturated/α-hetero) is 1. The Hall–Kier alpha value is -3.86. The lowest BCUT2D eigenvalue weighted by Gasteiger charge is -2.26. The summed E-state index contributed by atoms with van der Waals surface area (Å²) >= 11 is 0. The summed E-state index contributed by atoms with van der Waals surface area (Å²) in [6, 6.07) is 22.7. The van der Waals surface area contributed by atoms with Crippen molar-refractivity contribution in [2.24, 2.45) is 0 Å². The van der Waals surface area contributed by atoms with Gasteiger partial charge in [-0.1, -0.05) is 60.7 Å². The van der Waals surface area contributed by atoms with Crippen molar-refractivity contribution in [2.75, 3.05) is 12.0 Å². The molecule has 4 rings (SSSR count). The second-order valence-corrected chi connectivity index (χ2v) is 7.10. The molecule has 1 aliphatic heterocycles. The molecule has 1 aliphatic rings. The molecule has 1 heterocycles. The van der Waals surface area contributed by atoms with Crippen LogP contribution >= 0.6 is 0 Å². The van der Waals surface area contributed by atoms with Gasteiger partial charge < -0.3 is 9.84 Å². The number of benzene rings is 3. The minimum Gasteiger partial charge on any atom is -0.507 e. The molecule has 1 unspecified atom stereocenters. The highest BCUT2D eigenvalue weighted by atomic mass is 16.5. The van der Waals surface area contributed by atoms with Crippen LogP contribution in [-0.2, 0) is 9.59 Å². The number of aliphatic hydroxyl groups is 1. The van der Waals surface area contributed by atoms with Crippen molar-refractivity contribution in [3.05, 3.63) is 101 Å². The molecule has 1 atom stereocenters. The fourth-order valence-corrected chi connectivity index (χ4v) is 3.79. The maximum absolute atomic E-state index is 13.1. The van der Waals surface area contributed by atoms with Crippen molar-refractivity contribution in [3.8, 4) is 5.75 Å². The van der Waals surface area contributed by atoms with E-state index in [0.29, 0.717) is 17.0 Å². The van der Waals surface area contributed by atoms with E-state index in [9.17, 15) is 14.7 Å². The van der Waals surface area contributed by atoms with E-state index >= 15 is 0 Å². The highest BCUT2D eigenvalue weighted by Gasteiger charge is 2.47. The van der Waals surface area contributed by atoms with Gasteiger partial charge in [-0.3, -0.25) is 14.5 Å². The average Bonchev–Trinajstić information content (AvgIpc) is 3.05. The van der Waals surface area contributed by atoms with E-state index < -0.39 is 17.7 Å². The first-order chi connectivity index (χ1) is 14.5. The molecule has 3 aromatic rings. The highest BCUT2D eigenvalue weighted by Crippen LogP contribution is 2.43. The van der Waals surface area contributed by atoms with Crippen LogP contribution in [0.2, 0.25) is 0 Å². The number of hydrogen-bond acceptors (Lipinski definition) is 4. The summed E-state index contributed by atoms with van der Waals surface area (Å²) in [6.45, 7) is 1.89. The van der Waals surface area contributed by atoms with E-state index in [1.165, 1.54) is 12.0 Å². The van der Waals surface area contributed by atoms with Gasteiger partial charge in [-0.05, 0) is 36.2 Å². The van der Waals surface area contributed by atoms with Crippen LogP contribution in [0, 0.1) is 6.92 Å². The van der Waals surface area contributed by atoms with Gasteiger partial charge in [0.2, 0.25) is 0 Å². The first-order valence-electron chi connectivity index (χ1n) is 9.59. The second-order valence-electron chi connectivity index (χ2n) is 7.10. The number of hydrogen-bond donors (Lipinski definition) is 1. The topological polar surface area (TPSA) is 66.8 Å². The summed E-state index contributed by atoms with van der Waals surface area (Å²) in [7, 11) is 1.53. The molecule has 0 bridgehead atoms. The Morgan fingerprint density at radius 2 is 1.63 bits per heavy atom. The van der Waals surface area contributed by atoms with E-state index in [2.05, 4.69) is 0 Å². The average molecular weight is 399 g/mol. The van der Waals surface area contributed by atoms with Crippen molar-refractivity contribution >= 4 is 23.1 Å². The van der Waals surface area contributed by atoms with Gasteiger partial charge in [0, 0.05) is 11.3 Å². The third-order valence-corrected chi connectivity index (χ3v) is 5.28. The van der Waals surface area contributed by atoms with Crippen LogP contribution < -0.4 is 9.64 Å². The van der Waals surface area contributed by atoms with Crippen molar-refractivity contribution in [3.63, 3.8) is 0 Å². The van der Waals surface area contributed by atoms with Gasteiger partial charge in [0.15, 0.2) is 0 Å². The fraction of sp³-hybridized carbons (Fsp3) is 0.120. The number of aryl methyl sites for hydroxylation is 1. The summed E-state index contributed by atoms with van der Waals surface area (Å²) in [4.78, 5) is 27.7. The third kappa shape index (κ3) is 3.24. The molecular formula is C25H21NO4. The summed E-state index contributed by atoms with van der Waals surface area (Å²) in [6.07, 6.45) is 0. The van der Waals surface area contributed by atoms with Crippen LogP contribution in [0.1, 0.15) is 22.7 Å². The van der Waals surface area contributed by atoms with Gasteiger partial charge in [0.25, 0.3) is 11.7 Å². The van der Waals surface area contributed by atoms with Crippen LogP contribution in [0.5, 0.6) is 5.75 Å². The Bertz CT molecular complexity index is 1150. The van der Waals surface area contributed by atoms with E-state index in [0.717, 1.165) is 11.1 Å². The maximum Gasteiger partial charge on any atom is 0.300 e. The predicted octanol–water partition coefficient (Wildman–Crippen LogP) is 4.63. The fourth-order valence-electron chi connectivity index (χ4n) is 3.79. The Morgan fingerprint density at radius 1 is 0.933 bits per heavy atom. The minimum absolute atomic E-state index is 0.0581. The number of anilines is 1. The van der Waals surface area contributed by atoms with E-state index in [1.54, 1.807) is 24.3 Å². The first kappa shape index (κ1) is 19.5. The second kappa shape index (κ2) is 7.87. The van der Waals surface area contributed by atoms with Crippen molar-refractivity contribution in [1.29, 1.82) is 0 Å². The molecule has 1 amide bonds. The Morgan fingerprint density at radius 3 is 2.33 bits per heavy atom. The summed E-state index contributed by atoms with van der Waals surface area (Å²) < 4.78 is 5.24. The molecule has 0 aliphatic carbocycles. The van der Waals surface area contributed by atoms with E-state index in [-0.39, 0.29) is 11.3 Å². The largest absolute Gasteiger partial charge is 0.507 e. The quantitative estimate of drug-likeness (QED) is 0.395. The highest BCUT2D eigenvalue weighted by molar-refractivity contribution is 6.51. The maximum atomic E-state index is 13.1. The third-order valence-electron chi connectivity index (χ3n) is 5.28. The van der Waals surface area contributed by atoms with Gasteiger partial charge in [-0.25, -0.2) is 0 Å². The number of nitrogens with zero attached hydrogens (tertiary/aromatic N) is 1. The molecule has 5 nitrogen and oxygen atoms in total. The number of ether oxygens (including phenoxy) is 1. The SMILES string of the molecule is COc1cccc(/C(O)=C2/C(=O)C(=O)N(c3ccccc3C)C2c2ccccc2)c1. The number of aliphatic hydroxyl groups excluding tert-OH is 1. The first-order valence-corrected chi connectivity index (χ1v) is 9.59. The van der Waals surface area contributed by atoms with Crippen LogP contribution in [0.3, 0.4) is 0 Å². The van der Waals surface area contributed by atoms with Crippen LogP contribution in [0.25, 0.3) is 5.76 Å². The standard InChI is InChI=1S/C25H21NO4/c1-16-9-6-7-14-20(16)26-22(17-10-4-3-5-11-17)21(24(28)25(26)29)23(27)18-12-8-13-19(15-18)30-2/h3-15,22,27H,1-2H3/b23-21-. The molecule has 0 spiro atoms. The number of methoxy groups -OCH3 is 1. The smallest absolute Gasteiger partial charge is 0.300 e. The predicted molar refractivity (Wildman–Crippen MR) is 115 cm³/mol. The molecule has 1 saturated heterocycles. The van der Waals surface area contributed by atoms with Crippen LogP contribution in [0.4, 0.5) is 5.69 Å². The zero-order chi connectivity index (χ0) is 21.3. The number of rotatable bonds is 4. The number of carbonyl (C=O) groups excluding carboxylic acids is 2. The number of para-hydroxylation sites is 1. The molecule has 0 aromatic heterocycles. The van der Waals surface area contributed by atoms with Crippen molar-refractivity contribution in [2.45, 2.75) is 13.0 Å². The Labute approximate surface area is 174 Å². The molecular weight excluding hydrogens is 378 g/mol. The summed E-state index contributed by atoms with van der Waals surface area (Å²) in [5.41, 5.74) is 2.71. The monoisotopic (exact) mass is 399 g/mol. The number of carbonyl (C=O) groups is 2. The van der Waals surface area contributed by atoms with E-state index in [4.69, 9.17) is 4.74 Å². The summed E-state index contributed by atoms with van der Waals surface area (Å²) in [5, 5.41) is 11.1. The van der Waals surface area contributed by atoms with Crippen molar-refractivity contribution < 1.29 is 19.4 Å². The Kier molecular flexibility index (Phi) is 5.11. The number of amides is 1. The van der Waals surface area contributed by atoms with Crippen LogP contribution in [-0.4, -0.2) is 23.9 Å². The van der Waals surface area contributed by atoms with Crippen LogP contribution in [0.15, 0.2) is 84.4 Å².